The Labute approximate surface area is 127 Å². The molecule has 5 nitrogen and oxygen atoms in total. The van der Waals surface area contributed by atoms with Crippen molar-refractivity contribution < 1.29 is 0 Å². The third-order valence-corrected chi connectivity index (χ3v) is 2.07. The molecular formula is C14H24ClN5. The molecule has 0 saturated heterocycles. The first kappa shape index (κ1) is 18.2. The zero-order chi connectivity index (χ0) is 14.3. The maximum absolute atomic E-state index is 5.88. The minimum Gasteiger partial charge on any atom is -0.369 e. The van der Waals surface area contributed by atoms with E-state index in [0.29, 0.717) is 11.9 Å². The molecule has 0 aliphatic carbocycles. The number of aliphatic imine (C=N–C) groups is 2. The van der Waals surface area contributed by atoms with Crippen LogP contribution in [0.2, 0.25) is 0 Å². The van der Waals surface area contributed by atoms with Crippen molar-refractivity contribution >= 4 is 30.0 Å². The molecule has 4 N–H and O–H groups in total. The predicted octanol–water partition coefficient (Wildman–Crippen LogP) is 2.60. The van der Waals surface area contributed by atoms with Crippen molar-refractivity contribution in [2.45, 2.75) is 39.8 Å². The third kappa shape index (κ3) is 7.63. The largest absolute Gasteiger partial charge is 0.369 e. The minimum atomic E-state index is 0. The molecule has 0 fully saturated rings. The minimum absolute atomic E-state index is 0. The number of nitrogens with zero attached hydrogens (tertiary/aromatic N) is 2. The van der Waals surface area contributed by atoms with E-state index in [0.717, 1.165) is 5.69 Å². The molecule has 0 bridgehead atoms. The molecule has 0 saturated carbocycles. The molecule has 0 radical (unpaired) electrons. The molecule has 1 aromatic rings. The van der Waals surface area contributed by atoms with Crippen LogP contribution in [0.5, 0.6) is 0 Å². The molecule has 112 valence electrons. The molecule has 0 spiro atoms. The zero-order valence-corrected chi connectivity index (χ0v) is 13.2. The number of hydrogen-bond donors (Lipinski definition) is 3. The van der Waals surface area contributed by atoms with Crippen LogP contribution in [-0.2, 0) is 0 Å². The normalized spacial score (nSPS) is 12.3. The summed E-state index contributed by atoms with van der Waals surface area (Å²) in [7, 11) is 0. The average molecular weight is 298 g/mol. The van der Waals surface area contributed by atoms with Gasteiger partial charge in [0.05, 0.1) is 0 Å². The first-order valence-electron chi connectivity index (χ1n) is 6.48. The van der Waals surface area contributed by atoms with Gasteiger partial charge in [0.1, 0.15) is 0 Å². The molecule has 0 aliphatic heterocycles. The summed E-state index contributed by atoms with van der Waals surface area (Å²) >= 11 is 0. The van der Waals surface area contributed by atoms with Gasteiger partial charge in [-0.1, -0.05) is 18.2 Å². The summed E-state index contributed by atoms with van der Waals surface area (Å²) < 4.78 is 0. The Morgan fingerprint density at radius 3 is 2.20 bits per heavy atom. The summed E-state index contributed by atoms with van der Waals surface area (Å²) in [4.78, 5) is 8.67. The van der Waals surface area contributed by atoms with Crippen LogP contribution in [0.25, 0.3) is 0 Å². The van der Waals surface area contributed by atoms with Gasteiger partial charge >= 0.3 is 0 Å². The lowest BCUT2D eigenvalue weighted by atomic mass is 10.3. The number of anilines is 1. The van der Waals surface area contributed by atoms with E-state index in [1.807, 2.05) is 58.0 Å². The molecule has 0 unspecified atom stereocenters. The summed E-state index contributed by atoms with van der Waals surface area (Å²) in [5.41, 5.74) is 6.78. The molecular weight excluding hydrogens is 274 g/mol. The molecule has 1 rings (SSSR count). The van der Waals surface area contributed by atoms with Crippen molar-refractivity contribution in [1.82, 2.24) is 5.32 Å². The molecule has 6 heteroatoms. The fraction of sp³-hybridized carbons (Fsp3) is 0.429. The van der Waals surface area contributed by atoms with E-state index in [1.165, 1.54) is 0 Å². The van der Waals surface area contributed by atoms with E-state index in [-0.39, 0.29) is 24.5 Å². The Morgan fingerprint density at radius 2 is 1.70 bits per heavy atom. The van der Waals surface area contributed by atoms with Crippen LogP contribution >= 0.6 is 12.4 Å². The Kier molecular flexibility index (Phi) is 8.40. The van der Waals surface area contributed by atoms with Crippen LogP contribution in [0.3, 0.4) is 0 Å². The first-order valence-corrected chi connectivity index (χ1v) is 6.48. The van der Waals surface area contributed by atoms with Gasteiger partial charge in [0.2, 0.25) is 11.9 Å². The average Bonchev–Trinajstić information content (AvgIpc) is 2.27. The van der Waals surface area contributed by atoms with Crippen molar-refractivity contribution in [3.8, 4) is 0 Å². The number of hydrogen-bond acceptors (Lipinski definition) is 1. The Morgan fingerprint density at radius 1 is 1.10 bits per heavy atom. The fourth-order valence-electron chi connectivity index (χ4n) is 1.41. The number of guanidine groups is 2. The van der Waals surface area contributed by atoms with Gasteiger partial charge in [-0.2, -0.15) is 4.99 Å². The van der Waals surface area contributed by atoms with Gasteiger partial charge in [-0.05, 0) is 39.8 Å². The van der Waals surface area contributed by atoms with Crippen molar-refractivity contribution in [3.63, 3.8) is 0 Å². The summed E-state index contributed by atoms with van der Waals surface area (Å²) in [5, 5.41) is 6.20. The van der Waals surface area contributed by atoms with Crippen molar-refractivity contribution in [3.05, 3.63) is 30.3 Å². The van der Waals surface area contributed by atoms with Gasteiger partial charge < -0.3 is 16.4 Å². The van der Waals surface area contributed by atoms with Crippen molar-refractivity contribution in [2.75, 3.05) is 5.32 Å². The summed E-state index contributed by atoms with van der Waals surface area (Å²) in [6.07, 6.45) is 0. The summed E-state index contributed by atoms with van der Waals surface area (Å²) in [6.45, 7) is 8.06. The molecule has 0 amide bonds. The number of benzene rings is 1. The number of nitrogens with one attached hydrogen (secondary N) is 2. The van der Waals surface area contributed by atoms with E-state index in [2.05, 4.69) is 20.6 Å². The van der Waals surface area contributed by atoms with Crippen LogP contribution in [0.15, 0.2) is 40.3 Å². The van der Waals surface area contributed by atoms with Gasteiger partial charge in [-0.25, -0.2) is 4.99 Å². The standard InChI is InChI=1S/C14H23N5.ClH/c1-10(2)16-14(17-11(3)4)19-13(15)18-12-8-6-5-7-9-12;/h5-11H,1-4H3,(H4,15,16,17,18,19);1H. The topological polar surface area (TPSA) is 74.8 Å². The molecule has 0 atom stereocenters. The van der Waals surface area contributed by atoms with Crippen LogP contribution in [0, 0.1) is 0 Å². The Bertz CT molecular complexity index is 440. The SMILES string of the molecule is CC(C)N=C(/N=C(\N)Nc1ccccc1)NC(C)C.Cl. The van der Waals surface area contributed by atoms with Crippen LogP contribution < -0.4 is 16.4 Å². The lowest BCUT2D eigenvalue weighted by Crippen LogP contribution is -2.33. The lowest BCUT2D eigenvalue weighted by molar-refractivity contribution is 0.713. The molecule has 20 heavy (non-hydrogen) atoms. The van der Waals surface area contributed by atoms with E-state index < -0.39 is 0 Å². The summed E-state index contributed by atoms with van der Waals surface area (Å²) in [6, 6.07) is 10.1. The highest BCUT2D eigenvalue weighted by molar-refractivity contribution is 6.01. The number of rotatable bonds is 3. The third-order valence-electron chi connectivity index (χ3n) is 2.07. The van der Waals surface area contributed by atoms with Gasteiger partial charge in [0, 0.05) is 17.8 Å². The molecule has 0 aliphatic rings. The van der Waals surface area contributed by atoms with Crippen LogP contribution in [-0.4, -0.2) is 24.0 Å². The quantitative estimate of drug-likeness (QED) is 0.593. The molecule has 0 aromatic heterocycles. The van der Waals surface area contributed by atoms with Gasteiger partial charge in [0.15, 0.2) is 0 Å². The second-order valence-corrected chi connectivity index (χ2v) is 4.83. The van der Waals surface area contributed by atoms with Crippen LogP contribution in [0.4, 0.5) is 5.69 Å². The smallest absolute Gasteiger partial charge is 0.221 e. The highest BCUT2D eigenvalue weighted by Gasteiger charge is 2.03. The second-order valence-electron chi connectivity index (χ2n) is 4.83. The number of nitrogens with two attached hydrogens (primary N) is 1. The van der Waals surface area contributed by atoms with Crippen molar-refractivity contribution in [2.24, 2.45) is 15.7 Å². The van der Waals surface area contributed by atoms with Gasteiger partial charge in [0.25, 0.3) is 0 Å². The highest BCUT2D eigenvalue weighted by atomic mass is 35.5. The van der Waals surface area contributed by atoms with E-state index >= 15 is 0 Å². The first-order chi connectivity index (χ1) is 8.97. The maximum Gasteiger partial charge on any atom is 0.221 e. The van der Waals surface area contributed by atoms with Gasteiger partial charge in [-0.3, -0.25) is 0 Å². The van der Waals surface area contributed by atoms with E-state index in [4.69, 9.17) is 5.73 Å². The predicted molar refractivity (Wildman–Crippen MR) is 89.8 cm³/mol. The number of halogens is 1. The van der Waals surface area contributed by atoms with E-state index in [9.17, 15) is 0 Å². The maximum atomic E-state index is 5.88. The Hall–Kier alpha value is -1.75. The molecule has 0 heterocycles. The van der Waals surface area contributed by atoms with E-state index in [1.54, 1.807) is 0 Å². The van der Waals surface area contributed by atoms with Gasteiger partial charge in [-0.15, -0.1) is 12.4 Å². The second kappa shape index (κ2) is 9.20. The lowest BCUT2D eigenvalue weighted by Gasteiger charge is -2.12. The summed E-state index contributed by atoms with van der Waals surface area (Å²) in [5.74, 6) is 0.865. The van der Waals surface area contributed by atoms with Crippen molar-refractivity contribution in [1.29, 1.82) is 0 Å². The Balaban J connectivity index is 0.00000361. The fourth-order valence-corrected chi connectivity index (χ4v) is 1.41. The zero-order valence-electron chi connectivity index (χ0n) is 12.4. The number of para-hydroxylation sites is 1. The van der Waals surface area contributed by atoms with Crippen LogP contribution in [0.1, 0.15) is 27.7 Å². The molecule has 1 aromatic carbocycles. The monoisotopic (exact) mass is 297 g/mol. The highest BCUT2D eigenvalue weighted by Crippen LogP contribution is 2.03.